The summed E-state index contributed by atoms with van der Waals surface area (Å²) < 4.78 is 11.7. The fourth-order valence-corrected chi connectivity index (χ4v) is 6.29. The van der Waals surface area contributed by atoms with Gasteiger partial charge in [0.05, 0.1) is 23.8 Å². The number of benzene rings is 2. The number of aliphatic carboxylic acids is 1. The highest BCUT2D eigenvalue weighted by molar-refractivity contribution is 6.35. The molecule has 0 bridgehead atoms. The van der Waals surface area contributed by atoms with Crippen molar-refractivity contribution in [3.05, 3.63) is 58.2 Å². The van der Waals surface area contributed by atoms with E-state index in [1.54, 1.807) is 12.1 Å². The van der Waals surface area contributed by atoms with Crippen LogP contribution in [0.5, 0.6) is 5.75 Å². The summed E-state index contributed by atoms with van der Waals surface area (Å²) in [7, 11) is 0. The smallest absolute Gasteiger partial charge is 0.303 e. The van der Waals surface area contributed by atoms with Crippen molar-refractivity contribution in [3.63, 3.8) is 0 Å². The van der Waals surface area contributed by atoms with Gasteiger partial charge in [0.25, 0.3) is 5.91 Å². The molecule has 0 radical (unpaired) electrons. The van der Waals surface area contributed by atoms with Crippen molar-refractivity contribution < 1.29 is 29.0 Å². The second-order valence-electron chi connectivity index (χ2n) is 11.2. The average molecular weight is 609 g/mol. The Balaban J connectivity index is 1.07. The zero-order chi connectivity index (χ0) is 30.1. The van der Waals surface area contributed by atoms with Gasteiger partial charge >= 0.3 is 5.97 Å². The number of halogens is 1. The first-order chi connectivity index (χ1) is 20.7. The monoisotopic (exact) mass is 608 g/mol. The van der Waals surface area contributed by atoms with Gasteiger partial charge in [-0.05, 0) is 54.3 Å². The lowest BCUT2D eigenvalue weighted by molar-refractivity contribution is -0.137. The summed E-state index contributed by atoms with van der Waals surface area (Å²) in [5.41, 5.74) is 8.51. The van der Waals surface area contributed by atoms with E-state index in [9.17, 15) is 14.4 Å². The molecule has 1 aromatic heterocycles. The van der Waals surface area contributed by atoms with Gasteiger partial charge in [-0.1, -0.05) is 11.6 Å². The first-order valence-corrected chi connectivity index (χ1v) is 14.7. The molecule has 3 aliphatic heterocycles. The van der Waals surface area contributed by atoms with Crippen molar-refractivity contribution in [3.8, 4) is 5.75 Å². The fraction of sp³-hybridized carbons (Fsp3) is 0.433. The minimum atomic E-state index is -1.05. The van der Waals surface area contributed by atoms with Gasteiger partial charge in [-0.15, -0.1) is 0 Å². The van der Waals surface area contributed by atoms with E-state index in [4.69, 9.17) is 36.9 Å². The predicted molar refractivity (Wildman–Crippen MR) is 158 cm³/mol. The number of carboxylic acids is 1. The molecule has 0 unspecified atom stereocenters. The summed E-state index contributed by atoms with van der Waals surface area (Å²) in [4.78, 5) is 51.0. The first-order valence-electron chi connectivity index (χ1n) is 14.4. The lowest BCUT2D eigenvalue weighted by atomic mass is 10.1. The highest BCUT2D eigenvalue weighted by atomic mass is 35.5. The summed E-state index contributed by atoms with van der Waals surface area (Å²) >= 11 is 6.67. The van der Waals surface area contributed by atoms with E-state index in [1.807, 2.05) is 18.3 Å². The van der Waals surface area contributed by atoms with Crippen LogP contribution in [0.3, 0.4) is 0 Å². The molecule has 0 saturated carbocycles. The number of primary amides is 1. The Morgan fingerprint density at radius 1 is 1.19 bits per heavy atom. The molecule has 3 aromatic rings. The maximum atomic E-state index is 13.0. The quantitative estimate of drug-likeness (QED) is 0.351. The third-order valence-corrected chi connectivity index (χ3v) is 8.45. The maximum absolute atomic E-state index is 13.0. The molecule has 3 N–H and O–H groups in total. The zero-order valence-electron chi connectivity index (χ0n) is 23.6. The summed E-state index contributed by atoms with van der Waals surface area (Å²) in [6.45, 7) is 5.30. The third kappa shape index (κ3) is 6.36. The molecule has 2 aromatic carbocycles. The number of likely N-dealkylation sites (tertiary alicyclic amines) is 1. The van der Waals surface area contributed by atoms with Gasteiger partial charge in [0.1, 0.15) is 17.9 Å². The van der Waals surface area contributed by atoms with Crippen LogP contribution in [-0.2, 0) is 27.4 Å². The number of rotatable bonds is 10. The number of fused-ring (bicyclic) bond motifs is 2. The number of hydrogen-bond acceptors (Lipinski definition) is 9. The molecule has 0 spiro atoms. The molecule has 2 saturated heterocycles. The maximum Gasteiger partial charge on any atom is 0.303 e. The van der Waals surface area contributed by atoms with Gasteiger partial charge in [-0.3, -0.25) is 19.3 Å². The highest BCUT2D eigenvalue weighted by Crippen LogP contribution is 2.31. The Morgan fingerprint density at radius 2 is 2.00 bits per heavy atom. The number of amides is 2. The van der Waals surface area contributed by atoms with E-state index >= 15 is 0 Å². The minimum Gasteiger partial charge on any atom is -0.489 e. The number of hydrogen-bond donors (Lipinski definition) is 2. The minimum absolute atomic E-state index is 0.0312. The largest absolute Gasteiger partial charge is 0.489 e. The molecule has 12 nitrogen and oxygen atoms in total. The van der Waals surface area contributed by atoms with Crippen LogP contribution in [0.2, 0.25) is 5.02 Å². The predicted octanol–water partition coefficient (Wildman–Crippen LogP) is 2.45. The molecule has 4 heterocycles. The van der Waals surface area contributed by atoms with Crippen LogP contribution in [0.1, 0.15) is 40.7 Å². The molecule has 0 aliphatic carbocycles. The number of carboxylic acid groups (broad SMARTS) is 1. The van der Waals surface area contributed by atoms with Gasteiger partial charge < -0.3 is 30.1 Å². The number of nitrogens with zero attached hydrogens (tertiary/aromatic N) is 5. The van der Waals surface area contributed by atoms with Gasteiger partial charge in [0, 0.05) is 62.8 Å². The number of ether oxygens (including phenoxy) is 2. The summed E-state index contributed by atoms with van der Waals surface area (Å²) in [5.74, 6) is -0.794. The molecular weight excluding hydrogens is 576 g/mol. The zero-order valence-corrected chi connectivity index (χ0v) is 24.3. The van der Waals surface area contributed by atoms with Gasteiger partial charge in [-0.2, -0.15) is 0 Å². The van der Waals surface area contributed by atoms with E-state index in [1.165, 1.54) is 4.90 Å². The van der Waals surface area contributed by atoms with Gasteiger partial charge in [-0.25, -0.2) is 9.97 Å². The molecule has 13 heteroatoms. The summed E-state index contributed by atoms with van der Waals surface area (Å²) in [6, 6.07) is 8.34. The SMILES string of the molecule is NC(=O)[C@H](CCC(=O)O)N1Cc2cc(O[C@H]3CCN(Cc4cc(Cl)c5nc(N6CCOCC6)ncc5c4)C3)ccc2C1=O. The molecule has 3 aliphatic rings. The fourth-order valence-electron chi connectivity index (χ4n) is 6.00. The Labute approximate surface area is 253 Å². The first kappa shape index (κ1) is 29.1. The van der Waals surface area contributed by atoms with Crippen molar-refractivity contribution >= 4 is 46.2 Å². The van der Waals surface area contributed by atoms with Crippen LogP contribution < -0.4 is 15.4 Å². The Bertz CT molecular complexity index is 1560. The Hall–Kier alpha value is -4.00. The Kier molecular flexibility index (Phi) is 8.33. The summed E-state index contributed by atoms with van der Waals surface area (Å²) in [6.07, 6.45) is 2.35. The van der Waals surface area contributed by atoms with Crippen molar-refractivity contribution in [1.82, 2.24) is 19.8 Å². The number of morpholine rings is 1. The van der Waals surface area contributed by atoms with Gasteiger partial charge in [0.15, 0.2) is 0 Å². The standard InChI is InChI=1S/C30H33ClN6O6/c31-24-12-18(11-19-14-33-30(34-27(19)24)36-7-9-42-10-8-36)15-35-6-5-22(17-35)43-21-1-2-23-20(13-21)16-37(29(23)41)25(28(32)40)3-4-26(38)39/h1-2,11-14,22,25H,3-10,15-17H2,(H2,32,40)(H,38,39)/t22-,25-/m0/s1. The van der Waals surface area contributed by atoms with Gasteiger partial charge in [0.2, 0.25) is 11.9 Å². The van der Waals surface area contributed by atoms with Crippen LogP contribution >= 0.6 is 11.6 Å². The molecule has 226 valence electrons. The van der Waals surface area contributed by atoms with Crippen LogP contribution in [0, 0.1) is 0 Å². The number of carbonyl (C=O) groups is 3. The third-order valence-electron chi connectivity index (χ3n) is 8.16. The van der Waals surface area contributed by atoms with Crippen LogP contribution in [0.25, 0.3) is 10.9 Å². The lowest BCUT2D eigenvalue weighted by Crippen LogP contribution is -2.45. The van der Waals surface area contributed by atoms with Crippen molar-refractivity contribution in [2.24, 2.45) is 5.73 Å². The number of aromatic nitrogens is 2. The van der Waals surface area contributed by atoms with Crippen LogP contribution in [-0.4, -0.2) is 94.2 Å². The molecule has 2 amide bonds. The molecule has 6 rings (SSSR count). The van der Waals surface area contributed by atoms with Crippen molar-refractivity contribution in [1.29, 1.82) is 0 Å². The molecule has 2 atom stereocenters. The second kappa shape index (κ2) is 12.3. The number of anilines is 1. The van der Waals surface area contributed by atoms with Crippen LogP contribution in [0.15, 0.2) is 36.5 Å². The van der Waals surface area contributed by atoms with E-state index < -0.39 is 17.9 Å². The van der Waals surface area contributed by atoms with E-state index in [0.29, 0.717) is 42.0 Å². The highest BCUT2D eigenvalue weighted by Gasteiger charge is 2.36. The number of carbonyl (C=O) groups excluding carboxylic acids is 2. The average Bonchev–Trinajstić information content (AvgIpc) is 3.56. The topological polar surface area (TPSA) is 151 Å². The van der Waals surface area contributed by atoms with Crippen molar-refractivity contribution in [2.75, 3.05) is 44.3 Å². The van der Waals surface area contributed by atoms with E-state index in [-0.39, 0.29) is 31.4 Å². The normalized spacial score (nSPS) is 19.6. The number of nitrogens with two attached hydrogens (primary N) is 1. The molecule has 2 fully saturated rings. The van der Waals surface area contributed by atoms with E-state index in [2.05, 4.69) is 20.9 Å². The molecule has 43 heavy (non-hydrogen) atoms. The summed E-state index contributed by atoms with van der Waals surface area (Å²) in [5, 5.41) is 10.5. The lowest BCUT2D eigenvalue weighted by Gasteiger charge is -2.26. The second-order valence-corrected chi connectivity index (χ2v) is 11.6. The van der Waals surface area contributed by atoms with Crippen LogP contribution in [0.4, 0.5) is 5.95 Å². The van der Waals surface area contributed by atoms with E-state index in [0.717, 1.165) is 54.6 Å². The van der Waals surface area contributed by atoms with Crippen molar-refractivity contribution in [2.45, 2.75) is 44.5 Å². The molecular formula is C30H33ClN6O6. The Morgan fingerprint density at radius 3 is 2.77 bits per heavy atom.